The van der Waals surface area contributed by atoms with Crippen LogP contribution in [-0.2, 0) is 9.09 Å². The third kappa shape index (κ3) is 5.34. The molecule has 0 aliphatic rings. The van der Waals surface area contributed by atoms with Crippen LogP contribution in [0.5, 0.6) is 0 Å². The Labute approximate surface area is 65.1 Å². The van der Waals surface area contributed by atoms with Crippen molar-refractivity contribution in [1.82, 2.24) is 0 Å². The summed E-state index contributed by atoms with van der Waals surface area (Å²) in [6.45, 7) is 4.19. The van der Waals surface area contributed by atoms with Crippen molar-refractivity contribution in [3.63, 3.8) is 0 Å². The van der Waals surface area contributed by atoms with E-state index in [4.69, 9.17) is 4.52 Å². The van der Waals surface area contributed by atoms with E-state index < -0.39 is 5.77 Å². The molecule has 0 aromatic carbocycles. The van der Waals surface area contributed by atoms with Gasteiger partial charge in [-0.25, -0.2) is 0 Å². The van der Waals surface area contributed by atoms with E-state index >= 15 is 0 Å². The minimum Gasteiger partial charge on any atom is -0.314 e. The SMILES string of the molecule is CCOP(=O)(S)SCC. The maximum atomic E-state index is 11.0. The van der Waals surface area contributed by atoms with Crippen LogP contribution in [0.4, 0.5) is 0 Å². The molecule has 5 heteroatoms. The average Bonchev–Trinajstić information content (AvgIpc) is 1.64. The van der Waals surface area contributed by atoms with Crippen LogP contribution >= 0.6 is 29.4 Å². The molecule has 0 spiro atoms. The second-order valence-corrected chi connectivity index (χ2v) is 7.94. The normalized spacial score (nSPS) is 17.2. The first-order valence-electron chi connectivity index (χ1n) is 2.74. The van der Waals surface area contributed by atoms with E-state index in [1.807, 2.05) is 6.92 Å². The summed E-state index contributed by atoms with van der Waals surface area (Å²) in [6, 6.07) is 0. The predicted octanol–water partition coefficient (Wildman–Crippen LogP) is 2.81. The molecule has 1 unspecified atom stereocenters. The highest BCUT2D eigenvalue weighted by atomic mass is 33.1. The molecule has 0 aromatic heterocycles. The molecular formula is C4H11O2PS2. The van der Waals surface area contributed by atoms with Gasteiger partial charge in [-0.3, -0.25) is 4.57 Å². The fraction of sp³-hybridized carbons (Fsp3) is 1.00. The Kier molecular flexibility index (Phi) is 5.13. The number of hydrogen-bond acceptors (Lipinski definition) is 3. The maximum absolute atomic E-state index is 11.0. The van der Waals surface area contributed by atoms with Crippen molar-refractivity contribution in [3.05, 3.63) is 0 Å². The van der Waals surface area contributed by atoms with Crippen LogP contribution < -0.4 is 0 Å². The van der Waals surface area contributed by atoms with Crippen molar-refractivity contribution in [2.75, 3.05) is 12.4 Å². The van der Waals surface area contributed by atoms with Crippen LogP contribution in [-0.4, -0.2) is 12.4 Å². The Balaban J connectivity index is 3.58. The monoisotopic (exact) mass is 186 g/mol. The summed E-state index contributed by atoms with van der Waals surface area (Å²) >= 11 is 5.10. The van der Waals surface area contributed by atoms with E-state index in [1.165, 1.54) is 11.4 Å². The number of rotatable bonds is 4. The second-order valence-electron chi connectivity index (χ2n) is 1.30. The van der Waals surface area contributed by atoms with Gasteiger partial charge < -0.3 is 4.52 Å². The summed E-state index contributed by atoms with van der Waals surface area (Å²) in [7, 11) is 0. The summed E-state index contributed by atoms with van der Waals surface area (Å²) in [6.07, 6.45) is 0. The molecule has 1 atom stereocenters. The van der Waals surface area contributed by atoms with E-state index in [1.54, 1.807) is 6.92 Å². The molecular weight excluding hydrogens is 175 g/mol. The Morgan fingerprint density at radius 1 is 1.67 bits per heavy atom. The van der Waals surface area contributed by atoms with E-state index in [9.17, 15) is 4.57 Å². The first-order chi connectivity index (χ1) is 4.12. The minimum absolute atomic E-state index is 0.466. The molecule has 0 heterocycles. The van der Waals surface area contributed by atoms with Gasteiger partial charge in [0, 0.05) is 5.75 Å². The van der Waals surface area contributed by atoms with Gasteiger partial charge in [0.15, 0.2) is 0 Å². The van der Waals surface area contributed by atoms with Crippen LogP contribution in [0.2, 0.25) is 0 Å². The topological polar surface area (TPSA) is 26.3 Å². The smallest absolute Gasteiger partial charge is 0.310 e. The van der Waals surface area contributed by atoms with E-state index in [0.29, 0.717) is 6.61 Å². The van der Waals surface area contributed by atoms with E-state index in [0.717, 1.165) is 5.75 Å². The first kappa shape index (κ1) is 9.89. The fourth-order valence-corrected chi connectivity index (χ4v) is 4.00. The van der Waals surface area contributed by atoms with Crippen molar-refractivity contribution >= 4 is 29.4 Å². The highest BCUT2D eigenvalue weighted by Gasteiger charge is 2.14. The third-order valence-electron chi connectivity index (χ3n) is 0.584. The van der Waals surface area contributed by atoms with Gasteiger partial charge in [-0.15, -0.1) is 0 Å². The minimum atomic E-state index is -2.58. The van der Waals surface area contributed by atoms with Crippen LogP contribution in [0.3, 0.4) is 0 Å². The third-order valence-corrected chi connectivity index (χ3v) is 5.21. The molecule has 2 nitrogen and oxygen atoms in total. The van der Waals surface area contributed by atoms with Gasteiger partial charge in [-0.2, -0.15) is 0 Å². The van der Waals surface area contributed by atoms with Crippen LogP contribution in [0.1, 0.15) is 13.8 Å². The van der Waals surface area contributed by atoms with Crippen molar-refractivity contribution in [2.24, 2.45) is 0 Å². The van der Waals surface area contributed by atoms with Crippen molar-refractivity contribution in [1.29, 1.82) is 0 Å². The van der Waals surface area contributed by atoms with Gasteiger partial charge in [0.2, 0.25) is 0 Å². The summed E-state index contributed by atoms with van der Waals surface area (Å²) in [4.78, 5) is 0. The van der Waals surface area contributed by atoms with E-state index in [-0.39, 0.29) is 0 Å². The number of thiol groups is 1. The lowest BCUT2D eigenvalue weighted by atomic mass is 10.9. The highest BCUT2D eigenvalue weighted by Crippen LogP contribution is 2.63. The molecule has 0 rings (SSSR count). The Morgan fingerprint density at radius 2 is 2.22 bits per heavy atom. The van der Waals surface area contributed by atoms with Gasteiger partial charge >= 0.3 is 5.77 Å². The first-order valence-corrected chi connectivity index (χ1v) is 7.11. The second kappa shape index (κ2) is 4.67. The van der Waals surface area contributed by atoms with Crippen LogP contribution in [0.15, 0.2) is 0 Å². The molecule has 0 bridgehead atoms. The zero-order chi connectivity index (χ0) is 7.33. The summed E-state index contributed by atoms with van der Waals surface area (Å²) in [5.74, 6) is -1.80. The zero-order valence-corrected chi connectivity index (χ0v) is 8.14. The molecule has 0 radical (unpaired) electrons. The van der Waals surface area contributed by atoms with E-state index in [2.05, 4.69) is 12.2 Å². The van der Waals surface area contributed by atoms with Gasteiger partial charge in [0.1, 0.15) is 0 Å². The zero-order valence-electron chi connectivity index (χ0n) is 5.53. The molecule has 0 N–H and O–H groups in total. The lowest BCUT2D eigenvalue weighted by Gasteiger charge is -2.07. The van der Waals surface area contributed by atoms with Gasteiger partial charge in [-0.1, -0.05) is 30.6 Å². The predicted molar refractivity (Wildman–Crippen MR) is 46.4 cm³/mol. The number of hydrogen-bond donors (Lipinski definition) is 1. The molecule has 9 heavy (non-hydrogen) atoms. The van der Waals surface area contributed by atoms with Gasteiger partial charge in [0.05, 0.1) is 6.61 Å². The highest BCUT2D eigenvalue weighted by molar-refractivity contribution is 8.84. The lowest BCUT2D eigenvalue weighted by Crippen LogP contribution is -1.79. The maximum Gasteiger partial charge on any atom is 0.310 e. The summed E-state index contributed by atoms with van der Waals surface area (Å²) < 4.78 is 15.9. The van der Waals surface area contributed by atoms with Crippen LogP contribution in [0, 0.1) is 0 Å². The Morgan fingerprint density at radius 3 is 2.56 bits per heavy atom. The molecule has 0 fully saturated rings. The van der Waals surface area contributed by atoms with Crippen molar-refractivity contribution in [2.45, 2.75) is 13.8 Å². The van der Waals surface area contributed by atoms with Gasteiger partial charge in [0.25, 0.3) is 0 Å². The van der Waals surface area contributed by atoms with Crippen LogP contribution in [0.25, 0.3) is 0 Å². The molecule has 0 aliphatic carbocycles. The summed E-state index contributed by atoms with van der Waals surface area (Å²) in [5.41, 5.74) is 0. The molecule has 56 valence electrons. The lowest BCUT2D eigenvalue weighted by molar-refractivity contribution is 0.358. The Bertz CT molecular complexity index is 107. The quantitative estimate of drug-likeness (QED) is 0.540. The Hall–Kier alpha value is 0.890. The standard InChI is InChI=1S/C4H11O2PS2/c1-3-6-7(5,8)9-4-2/h3-4H2,1-2H3,(H,5,8). The van der Waals surface area contributed by atoms with Gasteiger partial charge in [-0.05, 0) is 6.92 Å². The van der Waals surface area contributed by atoms with Crippen molar-refractivity contribution in [3.8, 4) is 0 Å². The average molecular weight is 186 g/mol. The molecule has 0 saturated carbocycles. The summed E-state index contributed by atoms with van der Waals surface area (Å²) in [5, 5.41) is 0. The van der Waals surface area contributed by atoms with Crippen molar-refractivity contribution < 1.29 is 9.09 Å². The molecule has 0 aliphatic heterocycles. The molecule has 0 amide bonds. The largest absolute Gasteiger partial charge is 0.314 e. The molecule has 0 saturated heterocycles. The fourth-order valence-electron chi connectivity index (χ4n) is 0.364. The molecule has 0 aromatic rings.